The lowest BCUT2D eigenvalue weighted by Crippen LogP contribution is -2.39. The second-order valence-electron chi connectivity index (χ2n) is 7.98. The summed E-state index contributed by atoms with van der Waals surface area (Å²) in [5, 5.41) is 12.3. The van der Waals surface area contributed by atoms with Gasteiger partial charge >= 0.3 is 0 Å². The third kappa shape index (κ3) is 11.9. The molecule has 0 spiro atoms. The lowest BCUT2D eigenvalue weighted by Gasteiger charge is -2.10. The highest BCUT2D eigenvalue weighted by Crippen LogP contribution is 2.08. The predicted octanol–water partition coefficient (Wildman–Crippen LogP) is 4.72. The highest BCUT2D eigenvalue weighted by molar-refractivity contribution is 7.80. The molecule has 0 heterocycles. The van der Waals surface area contributed by atoms with Crippen molar-refractivity contribution in [2.24, 2.45) is 0 Å². The molecule has 0 aromatic heterocycles. The molecule has 182 valence electrons. The molecule has 6 nitrogen and oxygen atoms in total. The number of unbranched alkanes of at least 4 members (excludes halogenated alkanes) is 7. The maximum atomic E-state index is 12.0. The molecule has 0 bridgehead atoms. The average molecular weight is 499 g/mol. The van der Waals surface area contributed by atoms with Crippen LogP contribution in [0.25, 0.3) is 0 Å². The van der Waals surface area contributed by atoms with Gasteiger partial charge in [0.05, 0.1) is 0 Å². The van der Waals surface area contributed by atoms with Crippen molar-refractivity contribution in [3.05, 3.63) is 71.8 Å². The van der Waals surface area contributed by atoms with E-state index < -0.39 is 0 Å². The summed E-state index contributed by atoms with van der Waals surface area (Å²) in [5.41, 5.74) is 1.19. The zero-order chi connectivity index (χ0) is 24.4. The lowest BCUT2D eigenvalue weighted by atomic mass is 10.1. The van der Waals surface area contributed by atoms with Gasteiger partial charge in [-0.2, -0.15) is 0 Å². The van der Waals surface area contributed by atoms with Crippen LogP contribution < -0.4 is 21.3 Å². The molecule has 0 aliphatic carbocycles. The number of hydrogen-bond donors (Lipinski definition) is 4. The monoisotopic (exact) mass is 498 g/mol. The molecule has 0 aliphatic rings. The Hall–Kier alpha value is -2.84. The average Bonchev–Trinajstić information content (AvgIpc) is 2.85. The Morgan fingerprint density at radius 1 is 0.529 bits per heavy atom. The van der Waals surface area contributed by atoms with Crippen molar-refractivity contribution in [1.29, 1.82) is 0 Å². The summed E-state index contributed by atoms with van der Waals surface area (Å²) in [5.74, 6) is -0.376. The summed E-state index contributed by atoms with van der Waals surface area (Å²) >= 11 is 10.4. The fraction of sp³-hybridized carbons (Fsp3) is 0.385. The molecule has 0 radical (unpaired) electrons. The van der Waals surface area contributed by atoms with Gasteiger partial charge in [-0.05, 0) is 61.5 Å². The van der Waals surface area contributed by atoms with Crippen molar-refractivity contribution in [3.8, 4) is 0 Å². The van der Waals surface area contributed by atoms with Crippen molar-refractivity contribution in [1.82, 2.24) is 21.3 Å². The molecule has 0 saturated heterocycles. The van der Waals surface area contributed by atoms with Gasteiger partial charge in [-0.15, -0.1) is 0 Å². The van der Waals surface area contributed by atoms with Crippen molar-refractivity contribution in [3.63, 3.8) is 0 Å². The molecule has 8 heteroatoms. The fourth-order valence-electron chi connectivity index (χ4n) is 3.33. The van der Waals surface area contributed by atoms with Gasteiger partial charge in [0, 0.05) is 24.2 Å². The number of carbonyl (C=O) groups is 2. The molecular weight excluding hydrogens is 464 g/mol. The van der Waals surface area contributed by atoms with Gasteiger partial charge < -0.3 is 10.6 Å². The first-order chi connectivity index (χ1) is 16.6. The van der Waals surface area contributed by atoms with Crippen LogP contribution in [0.2, 0.25) is 0 Å². The number of amides is 2. The van der Waals surface area contributed by atoms with E-state index in [4.69, 9.17) is 24.4 Å². The van der Waals surface area contributed by atoms with Crippen LogP contribution >= 0.6 is 24.4 Å². The fourth-order valence-corrected chi connectivity index (χ4v) is 3.72. The lowest BCUT2D eigenvalue weighted by molar-refractivity contribution is 0.0968. The molecule has 0 aliphatic heterocycles. The van der Waals surface area contributed by atoms with Crippen LogP contribution in [0.3, 0.4) is 0 Å². The summed E-state index contributed by atoms with van der Waals surface area (Å²) < 4.78 is 0. The maximum absolute atomic E-state index is 12.0. The number of nitrogens with one attached hydrogen (secondary N) is 4. The van der Waals surface area contributed by atoms with Gasteiger partial charge in [-0.1, -0.05) is 74.9 Å². The van der Waals surface area contributed by atoms with Gasteiger partial charge in [0.1, 0.15) is 0 Å². The Morgan fingerprint density at radius 3 is 1.21 bits per heavy atom. The number of thiocarbonyl (C=S) groups is 2. The van der Waals surface area contributed by atoms with Gasteiger partial charge in [-0.3, -0.25) is 20.2 Å². The van der Waals surface area contributed by atoms with Crippen molar-refractivity contribution < 1.29 is 9.59 Å². The molecule has 2 aromatic carbocycles. The molecule has 2 amide bonds. The number of benzene rings is 2. The third-order valence-electron chi connectivity index (χ3n) is 5.20. The van der Waals surface area contributed by atoms with E-state index in [-0.39, 0.29) is 11.8 Å². The molecule has 2 rings (SSSR count). The molecule has 0 unspecified atom stereocenters. The van der Waals surface area contributed by atoms with Gasteiger partial charge in [0.25, 0.3) is 11.8 Å². The van der Waals surface area contributed by atoms with E-state index in [1.807, 2.05) is 36.4 Å². The van der Waals surface area contributed by atoms with Gasteiger partial charge in [0.2, 0.25) is 0 Å². The topological polar surface area (TPSA) is 82.3 Å². The SMILES string of the molecule is O=C(NC(=S)NCCCCCCCCCCNC(=S)NC(=O)c1ccccc1)c1ccccc1. The minimum atomic E-state index is -0.188. The molecule has 34 heavy (non-hydrogen) atoms. The standard InChI is InChI=1S/C26H34N4O2S2/c31-23(21-15-9-7-10-16-21)29-25(33)27-19-13-5-3-1-2-4-6-14-20-28-26(34)30-24(32)22-17-11-8-12-18-22/h7-12,15-18H,1-6,13-14,19-20H2,(H2,27,29,31,33)(H2,28,30,32,34). The second-order valence-corrected chi connectivity index (χ2v) is 8.80. The zero-order valence-electron chi connectivity index (χ0n) is 19.5. The van der Waals surface area contributed by atoms with E-state index in [0.29, 0.717) is 21.4 Å². The largest absolute Gasteiger partial charge is 0.362 e. The van der Waals surface area contributed by atoms with E-state index in [9.17, 15) is 9.59 Å². The van der Waals surface area contributed by atoms with Crippen LogP contribution in [-0.4, -0.2) is 35.1 Å². The smallest absolute Gasteiger partial charge is 0.257 e. The Kier molecular flexibility index (Phi) is 13.5. The number of carbonyl (C=O) groups excluding carboxylic acids is 2. The first kappa shape index (κ1) is 27.4. The second kappa shape index (κ2) is 16.7. The molecule has 4 N–H and O–H groups in total. The Balaban J connectivity index is 1.37. The van der Waals surface area contributed by atoms with Crippen LogP contribution in [-0.2, 0) is 0 Å². The summed E-state index contributed by atoms with van der Waals surface area (Å²) in [6, 6.07) is 18.1. The highest BCUT2D eigenvalue weighted by Gasteiger charge is 2.07. The minimum Gasteiger partial charge on any atom is -0.362 e. The Morgan fingerprint density at radius 2 is 0.853 bits per heavy atom. The Bertz CT molecular complexity index is 832. The normalized spacial score (nSPS) is 10.2. The van der Waals surface area contributed by atoms with Gasteiger partial charge in [0.15, 0.2) is 10.2 Å². The quantitative estimate of drug-likeness (QED) is 0.236. The summed E-state index contributed by atoms with van der Waals surface area (Å²) in [4.78, 5) is 24.0. The zero-order valence-corrected chi connectivity index (χ0v) is 21.1. The van der Waals surface area contributed by atoms with E-state index in [1.54, 1.807) is 24.3 Å². The van der Waals surface area contributed by atoms with Crippen LogP contribution in [0.1, 0.15) is 72.1 Å². The number of hydrogen-bond acceptors (Lipinski definition) is 4. The van der Waals surface area contributed by atoms with Crippen molar-refractivity contribution in [2.45, 2.75) is 51.4 Å². The summed E-state index contributed by atoms with van der Waals surface area (Å²) in [7, 11) is 0. The van der Waals surface area contributed by atoms with E-state index in [0.717, 1.165) is 38.8 Å². The first-order valence-electron chi connectivity index (χ1n) is 11.8. The molecule has 2 aromatic rings. The first-order valence-corrected chi connectivity index (χ1v) is 12.7. The molecular formula is C26H34N4O2S2. The number of rotatable bonds is 13. The van der Waals surface area contributed by atoms with Crippen LogP contribution in [0.4, 0.5) is 0 Å². The maximum Gasteiger partial charge on any atom is 0.257 e. The predicted molar refractivity (Wildman–Crippen MR) is 146 cm³/mol. The van der Waals surface area contributed by atoms with Crippen LogP contribution in [0, 0.1) is 0 Å². The molecule has 0 atom stereocenters. The van der Waals surface area contributed by atoms with Crippen LogP contribution in [0.15, 0.2) is 60.7 Å². The van der Waals surface area contributed by atoms with Crippen molar-refractivity contribution >= 4 is 46.5 Å². The van der Waals surface area contributed by atoms with E-state index in [2.05, 4.69) is 21.3 Å². The Labute approximate surface area is 213 Å². The summed E-state index contributed by atoms with van der Waals surface area (Å²) in [6.45, 7) is 1.53. The van der Waals surface area contributed by atoms with Crippen LogP contribution in [0.5, 0.6) is 0 Å². The third-order valence-corrected chi connectivity index (χ3v) is 5.69. The molecule has 0 fully saturated rings. The van der Waals surface area contributed by atoms with E-state index >= 15 is 0 Å². The van der Waals surface area contributed by atoms with Gasteiger partial charge in [-0.25, -0.2) is 0 Å². The van der Waals surface area contributed by atoms with Crippen molar-refractivity contribution in [2.75, 3.05) is 13.1 Å². The molecule has 0 saturated carbocycles. The minimum absolute atomic E-state index is 0.188. The van der Waals surface area contributed by atoms with E-state index in [1.165, 1.54) is 25.7 Å². The summed E-state index contributed by atoms with van der Waals surface area (Å²) in [6.07, 6.45) is 9.15. The highest BCUT2D eigenvalue weighted by atomic mass is 32.1.